The zero-order chi connectivity index (χ0) is 20.9. The first-order valence-corrected chi connectivity index (χ1v) is 10.5. The SMILES string of the molecule is O=C(NCc1ccccc1)c1cccc(OC(=O)C2CC(=O)N(C3CCCC3)C2)c1. The summed E-state index contributed by atoms with van der Waals surface area (Å²) in [6, 6.07) is 16.5. The molecule has 0 spiro atoms. The Morgan fingerprint density at radius 1 is 1.03 bits per heavy atom. The lowest BCUT2D eigenvalue weighted by molar-refractivity contribution is -0.139. The number of carbonyl (C=O) groups excluding carboxylic acids is 3. The van der Waals surface area contributed by atoms with E-state index < -0.39 is 11.9 Å². The first kappa shape index (κ1) is 20.1. The molecule has 0 radical (unpaired) electrons. The van der Waals surface area contributed by atoms with E-state index in [9.17, 15) is 14.4 Å². The largest absolute Gasteiger partial charge is 0.426 e. The van der Waals surface area contributed by atoms with Crippen LogP contribution in [-0.4, -0.2) is 35.3 Å². The Labute approximate surface area is 176 Å². The van der Waals surface area contributed by atoms with Crippen molar-refractivity contribution >= 4 is 17.8 Å². The molecule has 30 heavy (non-hydrogen) atoms. The predicted molar refractivity (Wildman–Crippen MR) is 112 cm³/mol. The Hall–Kier alpha value is -3.15. The van der Waals surface area contributed by atoms with E-state index in [1.54, 1.807) is 24.3 Å². The van der Waals surface area contributed by atoms with Gasteiger partial charge in [0, 0.05) is 31.1 Å². The van der Waals surface area contributed by atoms with E-state index in [2.05, 4.69) is 5.32 Å². The Morgan fingerprint density at radius 2 is 1.80 bits per heavy atom. The minimum absolute atomic E-state index is 0.0397. The van der Waals surface area contributed by atoms with Crippen molar-refractivity contribution in [2.75, 3.05) is 6.54 Å². The van der Waals surface area contributed by atoms with Gasteiger partial charge in [0.1, 0.15) is 5.75 Å². The van der Waals surface area contributed by atoms with E-state index in [-0.39, 0.29) is 24.3 Å². The number of hydrogen-bond donors (Lipinski definition) is 1. The Morgan fingerprint density at radius 3 is 2.57 bits per heavy atom. The molecule has 2 aromatic rings. The zero-order valence-corrected chi connectivity index (χ0v) is 16.9. The van der Waals surface area contributed by atoms with Crippen LogP contribution in [0, 0.1) is 5.92 Å². The van der Waals surface area contributed by atoms with Crippen LogP contribution in [0.25, 0.3) is 0 Å². The summed E-state index contributed by atoms with van der Waals surface area (Å²) in [5.74, 6) is -0.739. The zero-order valence-electron chi connectivity index (χ0n) is 16.9. The summed E-state index contributed by atoms with van der Waals surface area (Å²) in [5.41, 5.74) is 1.43. The van der Waals surface area contributed by atoms with Gasteiger partial charge in [-0.3, -0.25) is 14.4 Å². The van der Waals surface area contributed by atoms with Gasteiger partial charge in [0.05, 0.1) is 5.92 Å². The molecule has 6 nitrogen and oxygen atoms in total. The lowest BCUT2D eigenvalue weighted by Crippen LogP contribution is -2.35. The fraction of sp³-hybridized carbons (Fsp3) is 0.375. The van der Waals surface area contributed by atoms with Crippen LogP contribution in [0.5, 0.6) is 5.75 Å². The van der Waals surface area contributed by atoms with E-state index in [0.29, 0.717) is 24.4 Å². The monoisotopic (exact) mass is 406 g/mol. The van der Waals surface area contributed by atoms with Crippen molar-refractivity contribution in [3.63, 3.8) is 0 Å². The molecule has 1 heterocycles. The standard InChI is InChI=1S/C24H26N2O4/c27-22-14-19(16-26(22)20-10-4-5-11-20)24(29)30-21-12-6-9-18(13-21)23(28)25-15-17-7-2-1-3-8-17/h1-3,6-9,12-13,19-20H,4-5,10-11,14-16H2,(H,25,28). The van der Waals surface area contributed by atoms with Crippen molar-refractivity contribution < 1.29 is 19.1 Å². The van der Waals surface area contributed by atoms with Gasteiger partial charge >= 0.3 is 5.97 Å². The maximum Gasteiger partial charge on any atom is 0.316 e. The number of ether oxygens (including phenoxy) is 1. The molecule has 2 amide bonds. The second-order valence-electron chi connectivity index (χ2n) is 8.00. The molecule has 156 valence electrons. The highest BCUT2D eigenvalue weighted by Crippen LogP contribution is 2.30. The molecule has 1 aliphatic heterocycles. The number of amides is 2. The van der Waals surface area contributed by atoms with Gasteiger partial charge in [0.25, 0.3) is 5.91 Å². The molecule has 2 aromatic carbocycles. The Bertz CT molecular complexity index is 922. The number of nitrogens with zero attached hydrogens (tertiary/aromatic N) is 1. The van der Waals surface area contributed by atoms with Crippen molar-refractivity contribution in [1.82, 2.24) is 10.2 Å². The van der Waals surface area contributed by atoms with E-state index in [4.69, 9.17) is 4.74 Å². The average molecular weight is 406 g/mol. The van der Waals surface area contributed by atoms with Gasteiger partial charge in [-0.25, -0.2) is 0 Å². The molecule has 1 saturated carbocycles. The summed E-state index contributed by atoms with van der Waals surface area (Å²) >= 11 is 0. The van der Waals surface area contributed by atoms with Crippen molar-refractivity contribution in [1.29, 1.82) is 0 Å². The molecule has 4 rings (SSSR count). The van der Waals surface area contributed by atoms with Crippen LogP contribution in [0.15, 0.2) is 54.6 Å². The predicted octanol–water partition coefficient (Wildman–Crippen LogP) is 3.31. The summed E-state index contributed by atoms with van der Waals surface area (Å²) in [5, 5.41) is 2.86. The number of nitrogens with one attached hydrogen (secondary N) is 1. The van der Waals surface area contributed by atoms with Crippen LogP contribution >= 0.6 is 0 Å². The smallest absolute Gasteiger partial charge is 0.316 e. The highest BCUT2D eigenvalue weighted by Gasteiger charge is 2.39. The van der Waals surface area contributed by atoms with E-state index >= 15 is 0 Å². The number of benzene rings is 2. The molecule has 0 aromatic heterocycles. The third-order valence-electron chi connectivity index (χ3n) is 5.87. The van der Waals surface area contributed by atoms with Crippen molar-refractivity contribution in [3.8, 4) is 5.75 Å². The lowest BCUT2D eigenvalue weighted by atomic mass is 10.1. The summed E-state index contributed by atoms with van der Waals surface area (Å²) in [6.07, 6.45) is 4.53. The third-order valence-corrected chi connectivity index (χ3v) is 5.87. The molecular formula is C24H26N2O4. The molecule has 2 aliphatic rings. The molecular weight excluding hydrogens is 380 g/mol. The fourth-order valence-electron chi connectivity index (χ4n) is 4.24. The van der Waals surface area contributed by atoms with Crippen molar-refractivity contribution in [3.05, 3.63) is 65.7 Å². The quantitative estimate of drug-likeness (QED) is 0.590. The summed E-state index contributed by atoms with van der Waals surface area (Å²) in [6.45, 7) is 0.852. The van der Waals surface area contributed by atoms with Gasteiger partial charge in [-0.2, -0.15) is 0 Å². The number of likely N-dealkylation sites (tertiary alicyclic amines) is 1. The van der Waals surface area contributed by atoms with E-state index in [0.717, 1.165) is 31.2 Å². The highest BCUT2D eigenvalue weighted by molar-refractivity contribution is 5.94. The average Bonchev–Trinajstić information content (AvgIpc) is 3.42. The molecule has 6 heteroatoms. The molecule has 2 fully saturated rings. The molecule has 1 saturated heterocycles. The minimum Gasteiger partial charge on any atom is -0.426 e. The molecule has 1 N–H and O–H groups in total. The number of esters is 1. The van der Waals surface area contributed by atoms with Gasteiger partial charge in [0.2, 0.25) is 5.91 Å². The second kappa shape index (κ2) is 9.11. The Balaban J connectivity index is 1.34. The van der Waals surface area contributed by atoms with Crippen LogP contribution in [0.4, 0.5) is 0 Å². The van der Waals surface area contributed by atoms with Gasteiger partial charge in [-0.15, -0.1) is 0 Å². The summed E-state index contributed by atoms with van der Waals surface area (Å²) in [4.78, 5) is 39.2. The lowest BCUT2D eigenvalue weighted by Gasteiger charge is -2.23. The normalized spacial score (nSPS) is 19.1. The highest BCUT2D eigenvalue weighted by atomic mass is 16.5. The number of rotatable bonds is 6. The summed E-state index contributed by atoms with van der Waals surface area (Å²) < 4.78 is 5.51. The minimum atomic E-state index is -0.450. The van der Waals surface area contributed by atoms with Crippen molar-refractivity contribution in [2.24, 2.45) is 5.92 Å². The number of carbonyl (C=O) groups is 3. The molecule has 0 bridgehead atoms. The molecule has 1 aliphatic carbocycles. The topological polar surface area (TPSA) is 75.7 Å². The second-order valence-corrected chi connectivity index (χ2v) is 8.00. The Kier molecular flexibility index (Phi) is 6.12. The van der Waals surface area contributed by atoms with Crippen LogP contribution in [0.1, 0.15) is 48.0 Å². The van der Waals surface area contributed by atoms with Crippen LogP contribution < -0.4 is 10.1 Å². The number of hydrogen-bond acceptors (Lipinski definition) is 4. The van der Waals surface area contributed by atoms with Crippen LogP contribution in [-0.2, 0) is 16.1 Å². The van der Waals surface area contributed by atoms with E-state index in [1.165, 1.54) is 0 Å². The molecule has 1 unspecified atom stereocenters. The maximum atomic E-state index is 12.6. The fourth-order valence-corrected chi connectivity index (χ4v) is 4.24. The third kappa shape index (κ3) is 4.70. The van der Waals surface area contributed by atoms with Crippen LogP contribution in [0.2, 0.25) is 0 Å². The van der Waals surface area contributed by atoms with Gasteiger partial charge in [0.15, 0.2) is 0 Å². The van der Waals surface area contributed by atoms with Crippen molar-refractivity contribution in [2.45, 2.75) is 44.7 Å². The first-order chi connectivity index (χ1) is 14.6. The van der Waals surface area contributed by atoms with Gasteiger partial charge in [-0.05, 0) is 36.6 Å². The molecule has 1 atom stereocenters. The maximum absolute atomic E-state index is 12.6. The van der Waals surface area contributed by atoms with Gasteiger partial charge in [-0.1, -0.05) is 49.2 Å². The van der Waals surface area contributed by atoms with E-state index in [1.807, 2.05) is 35.2 Å². The van der Waals surface area contributed by atoms with Gasteiger partial charge < -0.3 is 15.0 Å². The van der Waals surface area contributed by atoms with Crippen LogP contribution in [0.3, 0.4) is 0 Å². The first-order valence-electron chi connectivity index (χ1n) is 10.5. The summed E-state index contributed by atoms with van der Waals surface area (Å²) in [7, 11) is 0.